The Balaban J connectivity index is 2.21. The lowest BCUT2D eigenvalue weighted by molar-refractivity contribution is 0.507. The Bertz CT molecular complexity index is 463. The van der Waals surface area contributed by atoms with Crippen LogP contribution in [0, 0.1) is 0 Å². The molecule has 0 bridgehead atoms. The molecule has 1 atom stereocenters. The van der Waals surface area contributed by atoms with Crippen molar-refractivity contribution in [1.82, 2.24) is 0 Å². The van der Waals surface area contributed by atoms with Crippen LogP contribution in [0.15, 0.2) is 47.1 Å². The number of anilines is 1. The number of nitrogens with two attached hydrogens (primary N) is 1. The number of nitrogens with zero attached hydrogens (tertiary/aromatic N) is 1. The molecule has 1 aromatic heterocycles. The molecular formula is C14H18N2O. The topological polar surface area (TPSA) is 42.4 Å². The average Bonchev–Trinajstić information content (AvgIpc) is 2.81. The summed E-state index contributed by atoms with van der Waals surface area (Å²) in [4.78, 5) is 2.15. The van der Waals surface area contributed by atoms with Crippen LogP contribution in [-0.2, 0) is 6.54 Å². The van der Waals surface area contributed by atoms with Gasteiger partial charge in [0.25, 0.3) is 0 Å². The van der Waals surface area contributed by atoms with E-state index in [0.29, 0.717) is 0 Å². The molecule has 0 saturated carbocycles. The van der Waals surface area contributed by atoms with Crippen molar-refractivity contribution in [3.8, 4) is 0 Å². The van der Waals surface area contributed by atoms with Crippen LogP contribution in [0.5, 0.6) is 0 Å². The second kappa shape index (κ2) is 5.06. The molecule has 3 heteroatoms. The van der Waals surface area contributed by atoms with E-state index < -0.39 is 0 Å². The van der Waals surface area contributed by atoms with Crippen LogP contribution >= 0.6 is 0 Å². The number of furan rings is 1. The van der Waals surface area contributed by atoms with E-state index in [4.69, 9.17) is 10.2 Å². The first kappa shape index (κ1) is 11.7. The van der Waals surface area contributed by atoms with Crippen molar-refractivity contribution in [2.75, 3.05) is 11.9 Å². The molecule has 0 unspecified atom stereocenters. The normalized spacial score (nSPS) is 12.4. The highest BCUT2D eigenvalue weighted by Crippen LogP contribution is 2.25. The average molecular weight is 230 g/mol. The summed E-state index contributed by atoms with van der Waals surface area (Å²) >= 11 is 0. The third-order valence-corrected chi connectivity index (χ3v) is 2.81. The maximum atomic E-state index is 5.98. The van der Waals surface area contributed by atoms with E-state index in [1.807, 2.05) is 38.2 Å². The second-order valence-corrected chi connectivity index (χ2v) is 4.28. The summed E-state index contributed by atoms with van der Waals surface area (Å²) in [6.07, 6.45) is 1.70. The Hall–Kier alpha value is -1.74. The van der Waals surface area contributed by atoms with Crippen molar-refractivity contribution in [2.45, 2.75) is 19.5 Å². The van der Waals surface area contributed by atoms with Crippen LogP contribution in [0.25, 0.3) is 0 Å². The molecule has 17 heavy (non-hydrogen) atoms. The number of hydrogen-bond acceptors (Lipinski definition) is 3. The molecule has 0 amide bonds. The van der Waals surface area contributed by atoms with Crippen molar-refractivity contribution in [1.29, 1.82) is 0 Å². The van der Waals surface area contributed by atoms with Crippen molar-refractivity contribution in [2.24, 2.45) is 5.73 Å². The standard InChI is InChI=1S/C14H18N2O/c1-11(15)13-7-3-4-8-14(13)16(2)10-12-6-5-9-17-12/h3-9,11H,10,15H2,1-2H3/t11-/m1/s1. The molecule has 2 aromatic rings. The summed E-state index contributed by atoms with van der Waals surface area (Å²) in [6.45, 7) is 2.75. The van der Waals surface area contributed by atoms with Crippen LogP contribution in [0.1, 0.15) is 24.3 Å². The Labute approximate surface area is 102 Å². The molecule has 1 heterocycles. The number of benzene rings is 1. The third kappa shape index (κ3) is 2.68. The van der Waals surface area contributed by atoms with Gasteiger partial charge in [0.1, 0.15) is 5.76 Å². The molecule has 0 aliphatic heterocycles. The molecule has 0 spiro atoms. The number of rotatable bonds is 4. The van der Waals surface area contributed by atoms with E-state index in [1.54, 1.807) is 6.26 Å². The molecule has 3 nitrogen and oxygen atoms in total. The van der Waals surface area contributed by atoms with Gasteiger partial charge in [-0.25, -0.2) is 0 Å². The minimum Gasteiger partial charge on any atom is -0.467 e. The van der Waals surface area contributed by atoms with Crippen LogP contribution < -0.4 is 10.6 Å². The van der Waals surface area contributed by atoms with Gasteiger partial charge in [0.2, 0.25) is 0 Å². The molecule has 0 fully saturated rings. The maximum absolute atomic E-state index is 5.98. The van der Waals surface area contributed by atoms with Gasteiger partial charge in [0.05, 0.1) is 12.8 Å². The molecule has 1 aromatic carbocycles. The van der Waals surface area contributed by atoms with Crippen molar-refractivity contribution >= 4 is 5.69 Å². The lowest BCUT2D eigenvalue weighted by atomic mass is 10.1. The van der Waals surface area contributed by atoms with E-state index in [1.165, 1.54) is 0 Å². The van der Waals surface area contributed by atoms with E-state index in [-0.39, 0.29) is 6.04 Å². The predicted octanol–water partition coefficient (Wildman–Crippen LogP) is 2.94. The third-order valence-electron chi connectivity index (χ3n) is 2.81. The predicted molar refractivity (Wildman–Crippen MR) is 69.9 cm³/mol. The number of para-hydroxylation sites is 1. The lowest BCUT2D eigenvalue weighted by Gasteiger charge is -2.23. The summed E-state index contributed by atoms with van der Waals surface area (Å²) in [5.41, 5.74) is 8.28. The largest absolute Gasteiger partial charge is 0.467 e. The zero-order valence-corrected chi connectivity index (χ0v) is 10.3. The molecule has 0 radical (unpaired) electrons. The van der Waals surface area contributed by atoms with Crippen molar-refractivity contribution in [3.63, 3.8) is 0 Å². The van der Waals surface area contributed by atoms with E-state index >= 15 is 0 Å². The quantitative estimate of drug-likeness (QED) is 0.878. The monoisotopic (exact) mass is 230 g/mol. The molecule has 2 N–H and O–H groups in total. The van der Waals surface area contributed by atoms with Gasteiger partial charge in [-0.15, -0.1) is 0 Å². The van der Waals surface area contributed by atoms with Gasteiger partial charge in [-0.1, -0.05) is 18.2 Å². The summed E-state index contributed by atoms with van der Waals surface area (Å²) in [7, 11) is 2.05. The highest BCUT2D eigenvalue weighted by molar-refractivity contribution is 5.54. The summed E-state index contributed by atoms with van der Waals surface area (Å²) in [5, 5.41) is 0. The van der Waals surface area contributed by atoms with Crippen LogP contribution in [0.3, 0.4) is 0 Å². The molecular weight excluding hydrogens is 212 g/mol. The van der Waals surface area contributed by atoms with Crippen molar-refractivity contribution in [3.05, 3.63) is 54.0 Å². The first-order valence-electron chi connectivity index (χ1n) is 5.76. The Morgan fingerprint density at radius 3 is 2.65 bits per heavy atom. The van der Waals surface area contributed by atoms with E-state index in [9.17, 15) is 0 Å². The van der Waals surface area contributed by atoms with Gasteiger partial charge in [-0.05, 0) is 30.7 Å². The zero-order chi connectivity index (χ0) is 12.3. The summed E-state index contributed by atoms with van der Waals surface area (Å²) in [5.74, 6) is 0.951. The zero-order valence-electron chi connectivity index (χ0n) is 10.3. The summed E-state index contributed by atoms with van der Waals surface area (Å²) < 4.78 is 5.35. The van der Waals surface area contributed by atoms with Crippen LogP contribution in [-0.4, -0.2) is 7.05 Å². The van der Waals surface area contributed by atoms with Gasteiger partial charge in [0, 0.05) is 18.8 Å². The minimum atomic E-state index is 0.0326. The van der Waals surface area contributed by atoms with Crippen molar-refractivity contribution < 1.29 is 4.42 Å². The highest BCUT2D eigenvalue weighted by atomic mass is 16.3. The van der Waals surface area contributed by atoms with Crippen LogP contribution in [0.2, 0.25) is 0 Å². The van der Waals surface area contributed by atoms with E-state index in [2.05, 4.69) is 17.0 Å². The van der Waals surface area contributed by atoms with Gasteiger partial charge < -0.3 is 15.1 Å². The maximum Gasteiger partial charge on any atom is 0.123 e. The van der Waals surface area contributed by atoms with Gasteiger partial charge in [-0.2, -0.15) is 0 Å². The molecule has 0 aliphatic rings. The van der Waals surface area contributed by atoms with Crippen LogP contribution in [0.4, 0.5) is 5.69 Å². The Morgan fingerprint density at radius 1 is 1.24 bits per heavy atom. The fourth-order valence-corrected chi connectivity index (χ4v) is 1.94. The van der Waals surface area contributed by atoms with Gasteiger partial charge >= 0.3 is 0 Å². The van der Waals surface area contributed by atoms with Gasteiger partial charge in [0.15, 0.2) is 0 Å². The molecule has 0 aliphatic carbocycles. The summed E-state index contributed by atoms with van der Waals surface area (Å²) in [6, 6.07) is 12.1. The highest BCUT2D eigenvalue weighted by Gasteiger charge is 2.11. The number of hydrogen-bond donors (Lipinski definition) is 1. The SMILES string of the molecule is C[C@@H](N)c1ccccc1N(C)Cc1ccco1. The first-order valence-corrected chi connectivity index (χ1v) is 5.76. The molecule has 0 saturated heterocycles. The first-order chi connectivity index (χ1) is 8.18. The fraction of sp³-hybridized carbons (Fsp3) is 0.286. The smallest absolute Gasteiger partial charge is 0.123 e. The van der Waals surface area contributed by atoms with Gasteiger partial charge in [-0.3, -0.25) is 0 Å². The second-order valence-electron chi connectivity index (χ2n) is 4.28. The molecule has 2 rings (SSSR count). The molecule has 90 valence electrons. The Kier molecular flexibility index (Phi) is 3.49. The van der Waals surface area contributed by atoms with E-state index in [0.717, 1.165) is 23.6 Å². The Morgan fingerprint density at radius 2 is 2.00 bits per heavy atom. The lowest BCUT2D eigenvalue weighted by Crippen LogP contribution is -2.19. The fourth-order valence-electron chi connectivity index (χ4n) is 1.94. The minimum absolute atomic E-state index is 0.0326.